The Morgan fingerprint density at radius 1 is 1.53 bits per heavy atom. The van der Waals surface area contributed by atoms with E-state index in [9.17, 15) is 10.1 Å². The Balaban J connectivity index is 2.29. The summed E-state index contributed by atoms with van der Waals surface area (Å²) in [5.74, 6) is 0.716. The van der Waals surface area contributed by atoms with E-state index in [1.807, 2.05) is 42.6 Å². The van der Waals surface area contributed by atoms with Crippen LogP contribution in [0.25, 0.3) is 0 Å². The Labute approximate surface area is 123 Å². The normalized spacial score (nSPS) is 12.2. The van der Waals surface area contributed by atoms with Crippen molar-refractivity contribution in [1.82, 2.24) is 14.8 Å². The van der Waals surface area contributed by atoms with Crippen molar-refractivity contribution in [2.75, 3.05) is 5.32 Å². The van der Waals surface area contributed by atoms with E-state index in [4.69, 9.17) is 0 Å². The number of benzene rings is 1. The van der Waals surface area contributed by atoms with Crippen LogP contribution in [0.1, 0.15) is 18.8 Å². The maximum atomic E-state index is 11.0. The van der Waals surface area contributed by atoms with Gasteiger partial charge in [-0.1, -0.05) is 0 Å². The highest BCUT2D eigenvalue weighted by atomic mass is 127. The van der Waals surface area contributed by atoms with Crippen molar-refractivity contribution in [3.8, 4) is 0 Å². The topological polar surface area (TPSA) is 85.9 Å². The molecule has 8 heteroatoms. The van der Waals surface area contributed by atoms with Crippen molar-refractivity contribution in [2.45, 2.75) is 13.0 Å². The monoisotopic (exact) mass is 373 g/mol. The summed E-state index contributed by atoms with van der Waals surface area (Å²) in [6.45, 7) is 1.88. The summed E-state index contributed by atoms with van der Waals surface area (Å²) in [6.07, 6.45) is 1.59. The minimum Gasteiger partial charge on any atom is -0.370 e. The number of aromatic nitrogens is 3. The lowest BCUT2D eigenvalue weighted by Gasteiger charge is -2.14. The molecule has 1 atom stereocenters. The summed E-state index contributed by atoms with van der Waals surface area (Å²) >= 11 is 2.05. The first-order chi connectivity index (χ1) is 8.99. The zero-order chi connectivity index (χ0) is 14.0. The number of hydrogen-bond donors (Lipinski definition) is 1. The lowest BCUT2D eigenvalue weighted by Crippen LogP contribution is -2.13. The lowest BCUT2D eigenvalue weighted by molar-refractivity contribution is -0.384. The summed E-state index contributed by atoms with van der Waals surface area (Å²) in [4.78, 5) is 10.6. The molecule has 1 unspecified atom stereocenters. The Kier molecular flexibility index (Phi) is 3.98. The highest BCUT2D eigenvalue weighted by Gasteiger charge is 2.18. The molecule has 2 aromatic rings. The number of anilines is 1. The maximum absolute atomic E-state index is 11.0. The highest BCUT2D eigenvalue weighted by molar-refractivity contribution is 14.1. The van der Waals surface area contributed by atoms with Gasteiger partial charge in [0, 0.05) is 16.7 Å². The third-order valence-corrected chi connectivity index (χ3v) is 3.33. The third-order valence-electron chi connectivity index (χ3n) is 2.66. The van der Waals surface area contributed by atoms with Gasteiger partial charge in [0.05, 0.1) is 11.0 Å². The van der Waals surface area contributed by atoms with E-state index in [-0.39, 0.29) is 11.7 Å². The summed E-state index contributed by atoms with van der Waals surface area (Å²) in [5, 5.41) is 21.9. The van der Waals surface area contributed by atoms with Crippen molar-refractivity contribution in [1.29, 1.82) is 0 Å². The second-order valence-electron chi connectivity index (χ2n) is 4.08. The Morgan fingerprint density at radius 2 is 2.26 bits per heavy atom. The van der Waals surface area contributed by atoms with Crippen LogP contribution in [0.3, 0.4) is 0 Å². The molecule has 2 rings (SSSR count). The van der Waals surface area contributed by atoms with E-state index in [0.29, 0.717) is 11.5 Å². The number of halogens is 1. The van der Waals surface area contributed by atoms with Crippen molar-refractivity contribution in [3.63, 3.8) is 0 Å². The van der Waals surface area contributed by atoms with Gasteiger partial charge >= 0.3 is 0 Å². The summed E-state index contributed by atoms with van der Waals surface area (Å²) in [7, 11) is 1.83. The molecule has 1 heterocycles. The average molecular weight is 373 g/mol. The number of nitrogens with one attached hydrogen (secondary N) is 1. The number of hydrogen-bond acceptors (Lipinski definition) is 5. The first kappa shape index (κ1) is 13.7. The molecule has 100 valence electrons. The van der Waals surface area contributed by atoms with Crippen molar-refractivity contribution >= 4 is 34.0 Å². The zero-order valence-corrected chi connectivity index (χ0v) is 12.5. The van der Waals surface area contributed by atoms with Crippen molar-refractivity contribution < 1.29 is 4.92 Å². The molecule has 1 aromatic carbocycles. The van der Waals surface area contributed by atoms with Gasteiger partial charge in [0.25, 0.3) is 5.69 Å². The largest absolute Gasteiger partial charge is 0.370 e. The SMILES string of the molecule is CC(Nc1ccc(I)cc1[N+](=O)[O-])c1nncn1C. The van der Waals surface area contributed by atoms with Gasteiger partial charge < -0.3 is 9.88 Å². The number of nitrogens with zero attached hydrogens (tertiary/aromatic N) is 4. The fourth-order valence-corrected chi connectivity index (χ4v) is 2.23. The Morgan fingerprint density at radius 3 is 2.84 bits per heavy atom. The van der Waals surface area contributed by atoms with Gasteiger partial charge in [0.15, 0.2) is 5.82 Å². The second-order valence-corrected chi connectivity index (χ2v) is 5.33. The molecule has 0 bridgehead atoms. The van der Waals surface area contributed by atoms with Gasteiger partial charge in [-0.15, -0.1) is 10.2 Å². The summed E-state index contributed by atoms with van der Waals surface area (Å²) in [6, 6.07) is 4.88. The van der Waals surface area contributed by atoms with Gasteiger partial charge in [-0.3, -0.25) is 10.1 Å². The van der Waals surface area contributed by atoms with Gasteiger partial charge in [-0.05, 0) is 41.6 Å². The van der Waals surface area contributed by atoms with E-state index in [1.165, 1.54) is 6.07 Å². The molecule has 1 N–H and O–H groups in total. The van der Waals surface area contributed by atoms with Crippen LogP contribution in [0.4, 0.5) is 11.4 Å². The smallest absolute Gasteiger partial charge is 0.293 e. The standard InChI is InChI=1S/C11H12IN5O2/c1-7(11-15-13-6-16(11)2)14-9-4-3-8(12)5-10(9)17(18)19/h3-7,14H,1-2H3. The molecule has 0 saturated heterocycles. The van der Waals surface area contributed by atoms with Crippen LogP contribution in [0.2, 0.25) is 0 Å². The van der Waals surface area contributed by atoms with Crippen molar-refractivity contribution in [3.05, 3.63) is 44.0 Å². The van der Waals surface area contributed by atoms with Crippen LogP contribution in [-0.4, -0.2) is 19.7 Å². The van der Waals surface area contributed by atoms with Crippen LogP contribution in [0.5, 0.6) is 0 Å². The first-order valence-electron chi connectivity index (χ1n) is 5.53. The van der Waals surface area contributed by atoms with E-state index in [1.54, 1.807) is 17.0 Å². The number of nitro benzene ring substituents is 1. The first-order valence-corrected chi connectivity index (χ1v) is 6.61. The second kappa shape index (κ2) is 5.51. The van der Waals surface area contributed by atoms with Crippen LogP contribution in [0, 0.1) is 13.7 Å². The van der Waals surface area contributed by atoms with Crippen LogP contribution in [-0.2, 0) is 7.05 Å². The average Bonchev–Trinajstić information content (AvgIpc) is 2.77. The molecule has 0 aliphatic rings. The number of aryl methyl sites for hydroxylation is 1. The molecule has 0 spiro atoms. The number of rotatable bonds is 4. The van der Waals surface area contributed by atoms with Gasteiger partial charge in [-0.2, -0.15) is 0 Å². The Hall–Kier alpha value is -1.71. The van der Waals surface area contributed by atoms with E-state index >= 15 is 0 Å². The minimum absolute atomic E-state index is 0.0564. The van der Waals surface area contributed by atoms with Gasteiger partial charge in [-0.25, -0.2) is 0 Å². The molecule has 0 saturated carbocycles. The molecular weight excluding hydrogens is 361 g/mol. The Bertz CT molecular complexity index is 613. The van der Waals surface area contributed by atoms with Gasteiger partial charge in [0.1, 0.15) is 12.0 Å². The quantitative estimate of drug-likeness (QED) is 0.506. The zero-order valence-electron chi connectivity index (χ0n) is 10.4. The fourth-order valence-electron chi connectivity index (χ4n) is 1.76. The number of nitro groups is 1. The third kappa shape index (κ3) is 3.00. The molecule has 0 aliphatic carbocycles. The minimum atomic E-state index is -0.395. The van der Waals surface area contributed by atoms with Crippen LogP contribution >= 0.6 is 22.6 Å². The lowest BCUT2D eigenvalue weighted by atomic mass is 10.2. The van der Waals surface area contributed by atoms with E-state index in [0.717, 1.165) is 3.57 Å². The highest BCUT2D eigenvalue weighted by Crippen LogP contribution is 2.29. The summed E-state index contributed by atoms with van der Waals surface area (Å²) in [5.41, 5.74) is 0.529. The molecule has 0 radical (unpaired) electrons. The fraction of sp³-hybridized carbons (Fsp3) is 0.273. The molecule has 1 aromatic heterocycles. The van der Waals surface area contributed by atoms with E-state index in [2.05, 4.69) is 15.5 Å². The molecule has 7 nitrogen and oxygen atoms in total. The van der Waals surface area contributed by atoms with Gasteiger partial charge in [0.2, 0.25) is 0 Å². The molecule has 0 amide bonds. The van der Waals surface area contributed by atoms with E-state index < -0.39 is 4.92 Å². The summed E-state index contributed by atoms with van der Waals surface area (Å²) < 4.78 is 2.59. The van der Waals surface area contributed by atoms with Crippen LogP contribution in [0.15, 0.2) is 24.5 Å². The molecule has 0 aliphatic heterocycles. The molecule has 19 heavy (non-hydrogen) atoms. The predicted octanol–water partition coefficient (Wildman–Crippen LogP) is 2.50. The van der Waals surface area contributed by atoms with Crippen molar-refractivity contribution in [2.24, 2.45) is 7.05 Å². The predicted molar refractivity (Wildman–Crippen MR) is 78.9 cm³/mol. The maximum Gasteiger partial charge on any atom is 0.293 e. The molecular formula is C11H12IN5O2. The van der Waals surface area contributed by atoms with Crippen LogP contribution < -0.4 is 5.32 Å². The molecule has 0 fully saturated rings.